The maximum Gasteiger partial charge on any atom is 0.416 e. The van der Waals surface area contributed by atoms with E-state index in [-0.39, 0.29) is 19.1 Å². The van der Waals surface area contributed by atoms with Crippen LogP contribution in [0.3, 0.4) is 0 Å². The number of nitrogens with one attached hydrogen (secondary N) is 1. The first kappa shape index (κ1) is 23.4. The number of rotatable bonds is 8. The molecule has 32 heavy (non-hydrogen) atoms. The first-order valence-corrected chi connectivity index (χ1v) is 9.85. The third-order valence-electron chi connectivity index (χ3n) is 5.14. The zero-order valence-electron chi connectivity index (χ0n) is 17.3. The van der Waals surface area contributed by atoms with Gasteiger partial charge in [0.25, 0.3) is 0 Å². The first-order valence-electron chi connectivity index (χ1n) is 9.85. The Bertz CT molecular complexity index is 1040. The molecule has 0 aliphatic carbocycles. The summed E-state index contributed by atoms with van der Waals surface area (Å²) in [7, 11) is 0. The Morgan fingerprint density at radius 3 is 2.19 bits per heavy atom. The number of nitrogens with zero attached hydrogens (tertiary/aromatic N) is 3. The molecular formula is C22H23F3N4O3. The van der Waals surface area contributed by atoms with Crippen molar-refractivity contribution < 1.29 is 28.2 Å². The number of alkyl halides is 3. The van der Waals surface area contributed by atoms with Gasteiger partial charge in [0.05, 0.1) is 36.2 Å². The van der Waals surface area contributed by atoms with Gasteiger partial charge < -0.3 is 15.5 Å². The lowest BCUT2D eigenvalue weighted by Crippen LogP contribution is -2.53. The number of carbonyl (C=O) groups is 1. The van der Waals surface area contributed by atoms with E-state index < -0.39 is 17.3 Å². The quantitative estimate of drug-likeness (QED) is 0.492. The van der Waals surface area contributed by atoms with Crippen LogP contribution in [-0.2, 0) is 17.4 Å². The molecule has 0 aliphatic heterocycles. The molecule has 0 aliphatic rings. The summed E-state index contributed by atoms with van der Waals surface area (Å²) in [6.45, 7) is 0.565. The van der Waals surface area contributed by atoms with E-state index in [1.165, 1.54) is 23.7 Å². The lowest BCUT2D eigenvalue weighted by Gasteiger charge is -2.30. The predicted molar refractivity (Wildman–Crippen MR) is 111 cm³/mol. The number of aliphatic hydroxyl groups is 2. The number of carbonyl (C=O) groups excluding carboxylic acids is 1. The minimum absolute atomic E-state index is 0.334. The minimum Gasteiger partial charge on any atom is -0.394 e. The summed E-state index contributed by atoms with van der Waals surface area (Å²) >= 11 is 0. The summed E-state index contributed by atoms with van der Waals surface area (Å²) in [5, 5.41) is 29.9. The van der Waals surface area contributed by atoms with Gasteiger partial charge in [-0.2, -0.15) is 13.2 Å². The molecule has 0 atom stereocenters. The van der Waals surface area contributed by atoms with Gasteiger partial charge in [-0.25, -0.2) is 4.68 Å². The van der Waals surface area contributed by atoms with E-state index in [0.717, 1.165) is 23.3 Å². The summed E-state index contributed by atoms with van der Waals surface area (Å²) in [5.41, 5.74) is 0.881. The van der Waals surface area contributed by atoms with Gasteiger partial charge in [-0.05, 0) is 42.7 Å². The van der Waals surface area contributed by atoms with Gasteiger partial charge in [0.1, 0.15) is 5.69 Å². The largest absolute Gasteiger partial charge is 0.416 e. The highest BCUT2D eigenvalue weighted by atomic mass is 19.4. The third kappa shape index (κ3) is 5.51. The molecule has 1 aromatic heterocycles. The first-order chi connectivity index (χ1) is 15.2. The standard InChI is InChI=1S/C22H23F3N4O3/c1-15(32)26-21(13-30,14-31)11-10-16-2-4-17(5-3-16)20-12-29(28-27-20)19-8-6-18(7-9-19)22(23,24)25/h2-9,12,30-31H,10-11,13-14H2,1H3,(H,26,32). The van der Waals surface area contributed by atoms with Gasteiger partial charge in [-0.15, -0.1) is 5.10 Å². The predicted octanol–water partition coefficient (Wildman–Crippen LogP) is 2.75. The Balaban J connectivity index is 1.69. The molecular weight excluding hydrogens is 425 g/mol. The van der Waals surface area contributed by atoms with E-state index in [2.05, 4.69) is 15.6 Å². The average Bonchev–Trinajstić information content (AvgIpc) is 3.26. The Morgan fingerprint density at radius 1 is 1.03 bits per heavy atom. The van der Waals surface area contributed by atoms with Crippen LogP contribution in [0.2, 0.25) is 0 Å². The van der Waals surface area contributed by atoms with Gasteiger partial charge in [-0.3, -0.25) is 4.79 Å². The van der Waals surface area contributed by atoms with Crippen molar-refractivity contribution in [3.63, 3.8) is 0 Å². The second-order valence-electron chi connectivity index (χ2n) is 7.57. The average molecular weight is 448 g/mol. The van der Waals surface area contributed by atoms with Crippen LogP contribution in [0.4, 0.5) is 13.2 Å². The van der Waals surface area contributed by atoms with Crippen LogP contribution in [-0.4, -0.2) is 49.9 Å². The van der Waals surface area contributed by atoms with Gasteiger partial charge in [0, 0.05) is 12.5 Å². The van der Waals surface area contributed by atoms with E-state index in [9.17, 15) is 28.2 Å². The van der Waals surface area contributed by atoms with Crippen molar-refractivity contribution in [2.75, 3.05) is 13.2 Å². The molecule has 0 saturated heterocycles. The molecule has 0 spiro atoms. The van der Waals surface area contributed by atoms with E-state index in [1.54, 1.807) is 6.20 Å². The molecule has 3 rings (SSSR count). The van der Waals surface area contributed by atoms with Crippen LogP contribution in [0.15, 0.2) is 54.7 Å². The molecule has 7 nitrogen and oxygen atoms in total. The lowest BCUT2D eigenvalue weighted by molar-refractivity contribution is -0.137. The fraction of sp³-hybridized carbons (Fsp3) is 0.318. The van der Waals surface area contributed by atoms with E-state index in [4.69, 9.17) is 0 Å². The van der Waals surface area contributed by atoms with Crippen LogP contribution >= 0.6 is 0 Å². The Morgan fingerprint density at radius 2 is 1.66 bits per heavy atom. The lowest BCUT2D eigenvalue weighted by atomic mass is 9.92. The molecule has 0 radical (unpaired) electrons. The van der Waals surface area contributed by atoms with Gasteiger partial charge in [0.2, 0.25) is 5.91 Å². The second-order valence-corrected chi connectivity index (χ2v) is 7.57. The van der Waals surface area contributed by atoms with Crippen LogP contribution < -0.4 is 5.32 Å². The SMILES string of the molecule is CC(=O)NC(CO)(CO)CCc1ccc(-c2cn(-c3ccc(C(F)(F)F)cc3)nn2)cc1. The van der Waals surface area contributed by atoms with Crippen molar-refractivity contribution in [2.45, 2.75) is 31.5 Å². The zero-order chi connectivity index (χ0) is 23.4. The smallest absolute Gasteiger partial charge is 0.394 e. The molecule has 170 valence electrons. The Kier molecular flexibility index (Phi) is 6.95. The van der Waals surface area contributed by atoms with Crippen molar-refractivity contribution in [2.24, 2.45) is 0 Å². The molecule has 1 amide bonds. The summed E-state index contributed by atoms with van der Waals surface area (Å²) in [6, 6.07) is 12.0. The molecule has 0 saturated carbocycles. The minimum atomic E-state index is -4.40. The molecule has 0 bridgehead atoms. The van der Waals surface area contributed by atoms with Gasteiger partial charge in [-0.1, -0.05) is 29.5 Å². The topological polar surface area (TPSA) is 100 Å². The fourth-order valence-electron chi connectivity index (χ4n) is 3.27. The zero-order valence-corrected chi connectivity index (χ0v) is 17.3. The maximum atomic E-state index is 12.7. The monoisotopic (exact) mass is 448 g/mol. The third-order valence-corrected chi connectivity index (χ3v) is 5.14. The number of aryl methyl sites for hydroxylation is 1. The Hall–Kier alpha value is -3.24. The van der Waals surface area contributed by atoms with Gasteiger partial charge in [0.15, 0.2) is 0 Å². The van der Waals surface area contributed by atoms with Crippen LogP contribution in [0, 0.1) is 0 Å². The highest BCUT2D eigenvalue weighted by Crippen LogP contribution is 2.29. The number of halogens is 3. The van der Waals surface area contributed by atoms with Crippen molar-refractivity contribution in [1.82, 2.24) is 20.3 Å². The van der Waals surface area contributed by atoms with Crippen molar-refractivity contribution in [3.05, 3.63) is 65.9 Å². The number of hydrogen-bond donors (Lipinski definition) is 3. The van der Waals surface area contributed by atoms with Crippen molar-refractivity contribution >= 4 is 5.91 Å². The number of aromatic nitrogens is 3. The fourth-order valence-corrected chi connectivity index (χ4v) is 3.27. The van der Waals surface area contributed by atoms with Crippen LogP contribution in [0.25, 0.3) is 16.9 Å². The highest BCUT2D eigenvalue weighted by Gasteiger charge is 2.30. The molecule has 0 unspecified atom stereocenters. The van der Waals surface area contributed by atoms with E-state index in [0.29, 0.717) is 24.2 Å². The van der Waals surface area contributed by atoms with Crippen LogP contribution in [0.5, 0.6) is 0 Å². The summed E-state index contributed by atoms with van der Waals surface area (Å²) < 4.78 is 39.6. The molecule has 3 aromatic rings. The number of aliphatic hydroxyl groups excluding tert-OH is 2. The summed E-state index contributed by atoms with van der Waals surface area (Å²) in [6.07, 6.45) is -1.91. The number of benzene rings is 2. The number of amides is 1. The molecule has 10 heteroatoms. The highest BCUT2D eigenvalue weighted by molar-refractivity contribution is 5.73. The number of hydrogen-bond acceptors (Lipinski definition) is 5. The van der Waals surface area contributed by atoms with E-state index in [1.807, 2.05) is 24.3 Å². The van der Waals surface area contributed by atoms with Crippen LogP contribution in [0.1, 0.15) is 24.5 Å². The molecule has 0 fully saturated rings. The maximum absolute atomic E-state index is 12.7. The summed E-state index contributed by atoms with van der Waals surface area (Å²) in [5.74, 6) is -0.334. The Labute approximate surface area is 182 Å². The molecule has 2 aromatic carbocycles. The second kappa shape index (κ2) is 9.49. The van der Waals surface area contributed by atoms with Gasteiger partial charge >= 0.3 is 6.18 Å². The van der Waals surface area contributed by atoms with Crippen molar-refractivity contribution in [1.29, 1.82) is 0 Å². The normalized spacial score (nSPS) is 12.1. The van der Waals surface area contributed by atoms with Crippen molar-refractivity contribution in [3.8, 4) is 16.9 Å². The molecule has 1 heterocycles. The molecule has 3 N–H and O–H groups in total. The van der Waals surface area contributed by atoms with E-state index >= 15 is 0 Å². The summed E-state index contributed by atoms with van der Waals surface area (Å²) in [4.78, 5) is 11.4.